The van der Waals surface area contributed by atoms with Crippen molar-refractivity contribution in [1.82, 2.24) is 24.2 Å². The molecule has 0 N–H and O–H groups in total. The van der Waals surface area contributed by atoms with Crippen LogP contribution in [0.2, 0.25) is 0 Å². The minimum Gasteiger partial charge on any atom is -0.301 e. The average molecular weight is 341 g/mol. The Morgan fingerprint density at radius 1 is 1.16 bits per heavy atom. The third kappa shape index (κ3) is 4.18. The van der Waals surface area contributed by atoms with Gasteiger partial charge in [-0.1, -0.05) is 0 Å². The molecule has 2 aromatic heterocycles. The Kier molecular flexibility index (Phi) is 4.70. The first-order valence-electron chi connectivity index (χ1n) is 9.45. The van der Waals surface area contributed by atoms with Gasteiger partial charge in [0.25, 0.3) is 5.56 Å². The van der Waals surface area contributed by atoms with Crippen LogP contribution in [0.4, 0.5) is 0 Å². The molecule has 0 aromatic carbocycles. The molecule has 0 amide bonds. The van der Waals surface area contributed by atoms with Crippen molar-refractivity contribution in [1.29, 1.82) is 0 Å². The first-order valence-corrected chi connectivity index (χ1v) is 9.45. The van der Waals surface area contributed by atoms with Gasteiger partial charge in [-0.3, -0.25) is 14.0 Å². The minimum absolute atomic E-state index is 0.119. The Morgan fingerprint density at radius 3 is 2.60 bits per heavy atom. The summed E-state index contributed by atoms with van der Waals surface area (Å²) in [6.07, 6.45) is 10.4. The fourth-order valence-corrected chi connectivity index (χ4v) is 3.68. The predicted molar refractivity (Wildman–Crippen MR) is 96.6 cm³/mol. The van der Waals surface area contributed by atoms with Gasteiger partial charge in [-0.05, 0) is 57.2 Å². The van der Waals surface area contributed by atoms with Crippen molar-refractivity contribution in [3.8, 4) is 0 Å². The summed E-state index contributed by atoms with van der Waals surface area (Å²) in [7, 11) is 0. The number of rotatable bonds is 6. The normalized spacial score (nSPS) is 19.4. The van der Waals surface area contributed by atoms with Crippen molar-refractivity contribution in [2.45, 2.75) is 51.6 Å². The summed E-state index contributed by atoms with van der Waals surface area (Å²) in [6, 6.07) is 1.75. The third-order valence-corrected chi connectivity index (χ3v) is 5.47. The lowest BCUT2D eigenvalue weighted by Gasteiger charge is -2.32. The largest absolute Gasteiger partial charge is 0.301 e. The molecule has 25 heavy (non-hydrogen) atoms. The molecule has 3 heterocycles. The standard InChI is InChI=1S/C19H27N5O/c1-15-11-21-24(12-15)9-8-22-6-4-16(5-7-22)13-23-14-20-18(10-19(23)25)17-2-3-17/h10-12,14,16-17H,2-9,13H2,1H3. The summed E-state index contributed by atoms with van der Waals surface area (Å²) in [5, 5.41) is 4.35. The lowest BCUT2D eigenvalue weighted by atomic mass is 9.96. The van der Waals surface area contributed by atoms with Crippen LogP contribution in [0.3, 0.4) is 0 Å². The molecule has 2 aliphatic rings. The highest BCUT2D eigenvalue weighted by molar-refractivity contribution is 5.12. The highest BCUT2D eigenvalue weighted by Crippen LogP contribution is 2.38. The van der Waals surface area contributed by atoms with Crippen molar-refractivity contribution in [3.05, 3.63) is 46.4 Å². The number of hydrogen-bond donors (Lipinski definition) is 0. The maximum absolute atomic E-state index is 12.3. The molecule has 0 radical (unpaired) electrons. The van der Waals surface area contributed by atoms with E-state index in [1.54, 1.807) is 17.0 Å². The first-order chi connectivity index (χ1) is 12.2. The second-order valence-electron chi connectivity index (χ2n) is 7.64. The van der Waals surface area contributed by atoms with Crippen LogP contribution in [0.1, 0.15) is 42.9 Å². The molecule has 0 bridgehead atoms. The van der Waals surface area contributed by atoms with Gasteiger partial charge in [0.15, 0.2) is 0 Å². The Hall–Kier alpha value is -1.95. The Balaban J connectivity index is 1.25. The maximum Gasteiger partial charge on any atom is 0.253 e. The second-order valence-corrected chi connectivity index (χ2v) is 7.64. The molecule has 6 heteroatoms. The van der Waals surface area contributed by atoms with Crippen LogP contribution >= 0.6 is 0 Å². The summed E-state index contributed by atoms with van der Waals surface area (Å²) >= 11 is 0. The monoisotopic (exact) mass is 341 g/mol. The Labute approximate surface area is 148 Å². The molecule has 1 aliphatic heterocycles. The van der Waals surface area contributed by atoms with E-state index < -0.39 is 0 Å². The van der Waals surface area contributed by atoms with E-state index in [9.17, 15) is 4.79 Å². The molecule has 0 spiro atoms. The smallest absolute Gasteiger partial charge is 0.253 e. The van der Waals surface area contributed by atoms with Gasteiger partial charge >= 0.3 is 0 Å². The Morgan fingerprint density at radius 2 is 1.96 bits per heavy atom. The van der Waals surface area contributed by atoms with E-state index in [2.05, 4.69) is 28.1 Å². The molecule has 1 saturated heterocycles. The highest BCUT2D eigenvalue weighted by atomic mass is 16.1. The summed E-state index contributed by atoms with van der Waals surface area (Å²) < 4.78 is 3.83. The zero-order valence-electron chi connectivity index (χ0n) is 15.0. The minimum atomic E-state index is 0.119. The van der Waals surface area contributed by atoms with E-state index in [1.165, 1.54) is 18.4 Å². The average Bonchev–Trinajstić information content (AvgIpc) is 3.38. The van der Waals surface area contributed by atoms with Crippen LogP contribution in [0.5, 0.6) is 0 Å². The van der Waals surface area contributed by atoms with Crippen molar-refractivity contribution in [2.24, 2.45) is 5.92 Å². The van der Waals surface area contributed by atoms with Crippen LogP contribution in [0, 0.1) is 12.8 Å². The van der Waals surface area contributed by atoms with Crippen LogP contribution in [0.25, 0.3) is 0 Å². The van der Waals surface area contributed by atoms with Gasteiger partial charge in [-0.25, -0.2) is 4.98 Å². The van der Waals surface area contributed by atoms with Crippen molar-refractivity contribution < 1.29 is 0 Å². The van der Waals surface area contributed by atoms with E-state index in [1.807, 2.05) is 10.9 Å². The Bertz CT molecular complexity index is 768. The van der Waals surface area contributed by atoms with Gasteiger partial charge in [-0.15, -0.1) is 0 Å². The van der Waals surface area contributed by atoms with E-state index in [0.29, 0.717) is 11.8 Å². The van der Waals surface area contributed by atoms with Gasteiger partial charge in [0.2, 0.25) is 0 Å². The van der Waals surface area contributed by atoms with Crippen LogP contribution < -0.4 is 5.56 Å². The zero-order chi connectivity index (χ0) is 17.2. The van der Waals surface area contributed by atoms with E-state index >= 15 is 0 Å². The molecule has 2 fully saturated rings. The summed E-state index contributed by atoms with van der Waals surface area (Å²) in [5.41, 5.74) is 2.32. The molecule has 2 aromatic rings. The summed E-state index contributed by atoms with van der Waals surface area (Å²) in [5.74, 6) is 1.12. The molecule has 0 unspecified atom stereocenters. The summed E-state index contributed by atoms with van der Waals surface area (Å²) in [6.45, 7) is 7.09. The van der Waals surface area contributed by atoms with Gasteiger partial charge in [0.05, 0.1) is 24.8 Å². The molecule has 4 rings (SSSR count). The number of hydrogen-bond acceptors (Lipinski definition) is 4. The molecule has 6 nitrogen and oxygen atoms in total. The van der Waals surface area contributed by atoms with E-state index in [4.69, 9.17) is 0 Å². The lowest BCUT2D eigenvalue weighted by molar-refractivity contribution is 0.166. The van der Waals surface area contributed by atoms with Gasteiger partial charge in [-0.2, -0.15) is 5.10 Å². The molecule has 1 saturated carbocycles. The van der Waals surface area contributed by atoms with Gasteiger partial charge < -0.3 is 4.90 Å². The molecule has 1 aliphatic carbocycles. The van der Waals surface area contributed by atoms with Crippen molar-refractivity contribution >= 4 is 0 Å². The number of aromatic nitrogens is 4. The van der Waals surface area contributed by atoms with E-state index in [0.717, 1.165) is 51.3 Å². The summed E-state index contributed by atoms with van der Waals surface area (Å²) in [4.78, 5) is 19.3. The molecular formula is C19H27N5O. The number of likely N-dealkylation sites (tertiary alicyclic amines) is 1. The van der Waals surface area contributed by atoms with Gasteiger partial charge in [0.1, 0.15) is 0 Å². The van der Waals surface area contributed by atoms with Crippen molar-refractivity contribution in [3.63, 3.8) is 0 Å². The first kappa shape index (κ1) is 16.5. The number of aryl methyl sites for hydroxylation is 1. The number of nitrogens with zero attached hydrogens (tertiary/aromatic N) is 5. The maximum atomic E-state index is 12.3. The molecule has 0 atom stereocenters. The van der Waals surface area contributed by atoms with Crippen molar-refractivity contribution in [2.75, 3.05) is 19.6 Å². The SMILES string of the molecule is Cc1cnn(CCN2CCC(Cn3cnc(C4CC4)cc3=O)CC2)c1. The topological polar surface area (TPSA) is 56.0 Å². The zero-order valence-corrected chi connectivity index (χ0v) is 15.0. The van der Waals surface area contributed by atoms with E-state index in [-0.39, 0.29) is 5.56 Å². The third-order valence-electron chi connectivity index (χ3n) is 5.47. The lowest BCUT2D eigenvalue weighted by Crippen LogP contribution is -2.38. The van der Waals surface area contributed by atoms with Crippen LogP contribution in [0.15, 0.2) is 29.6 Å². The second kappa shape index (κ2) is 7.12. The quantitative estimate of drug-likeness (QED) is 0.807. The fourth-order valence-electron chi connectivity index (χ4n) is 3.68. The predicted octanol–water partition coefficient (Wildman–Crippen LogP) is 2.04. The van der Waals surface area contributed by atoms with Crippen LogP contribution in [-0.2, 0) is 13.1 Å². The molecular weight excluding hydrogens is 314 g/mol. The molecule has 134 valence electrons. The highest BCUT2D eigenvalue weighted by Gasteiger charge is 2.26. The van der Waals surface area contributed by atoms with Crippen LogP contribution in [-0.4, -0.2) is 43.9 Å². The number of piperidine rings is 1. The fraction of sp³-hybridized carbons (Fsp3) is 0.632. The van der Waals surface area contributed by atoms with Gasteiger partial charge in [0, 0.05) is 31.3 Å².